The Morgan fingerprint density at radius 2 is 1.50 bits per heavy atom. The van der Waals surface area contributed by atoms with Crippen molar-refractivity contribution in [3.05, 3.63) is 71.8 Å². The first-order valence-electron chi connectivity index (χ1n) is 10.2. The average Bonchev–Trinajstić information content (AvgIpc) is 2.79. The second kappa shape index (κ2) is 12.7. The van der Waals surface area contributed by atoms with Crippen LogP contribution in [-0.2, 0) is 32.3 Å². The normalized spacial score (nSPS) is 12.2. The van der Waals surface area contributed by atoms with E-state index in [9.17, 15) is 24.3 Å². The van der Waals surface area contributed by atoms with E-state index in [0.717, 1.165) is 11.1 Å². The minimum atomic E-state index is -1.30. The van der Waals surface area contributed by atoms with Crippen molar-refractivity contribution < 1.29 is 29.0 Å². The Kier molecular flexibility index (Phi) is 9.70. The van der Waals surface area contributed by atoms with Gasteiger partial charge in [-0.2, -0.15) is 0 Å². The van der Waals surface area contributed by atoms with Gasteiger partial charge in [-0.05, 0) is 24.5 Å². The molecule has 0 aliphatic rings. The molecule has 9 nitrogen and oxygen atoms in total. The summed E-state index contributed by atoms with van der Waals surface area (Å²) in [6, 6.07) is 16.2. The quantitative estimate of drug-likeness (QED) is 0.421. The number of aliphatic carboxylic acids is 1. The number of alkyl carbamates (subject to hydrolysis) is 1. The number of rotatable bonds is 11. The summed E-state index contributed by atoms with van der Waals surface area (Å²) in [5.74, 6) is -2.15. The van der Waals surface area contributed by atoms with Crippen LogP contribution in [-0.4, -0.2) is 41.1 Å². The minimum absolute atomic E-state index is 0.00485. The maximum atomic E-state index is 12.1. The molecule has 0 aliphatic heterocycles. The molecule has 0 spiro atoms. The zero-order chi connectivity index (χ0) is 23.3. The third kappa shape index (κ3) is 8.86. The van der Waals surface area contributed by atoms with Crippen LogP contribution in [0.3, 0.4) is 0 Å². The summed E-state index contributed by atoms with van der Waals surface area (Å²) < 4.78 is 5.01. The maximum Gasteiger partial charge on any atom is 0.408 e. The number of hydrogen-bond acceptors (Lipinski definition) is 5. The van der Waals surface area contributed by atoms with Gasteiger partial charge in [0.15, 0.2) is 0 Å². The number of hydrogen-bond donors (Lipinski definition) is 4. The van der Waals surface area contributed by atoms with E-state index in [1.807, 2.05) is 36.4 Å². The molecule has 3 amide bonds. The lowest BCUT2D eigenvalue weighted by molar-refractivity contribution is -0.139. The van der Waals surface area contributed by atoms with E-state index in [2.05, 4.69) is 16.0 Å². The Balaban J connectivity index is 1.72. The van der Waals surface area contributed by atoms with Gasteiger partial charge in [0, 0.05) is 13.0 Å². The predicted octanol–water partition coefficient (Wildman–Crippen LogP) is 1.97. The van der Waals surface area contributed by atoms with Gasteiger partial charge in [0.05, 0.1) is 0 Å². The smallest absolute Gasteiger partial charge is 0.408 e. The van der Waals surface area contributed by atoms with Crippen LogP contribution in [0.2, 0.25) is 0 Å². The standard InChI is InChI=1S/C23H27N3O6/c1-16(21(28)24-14-17-8-4-2-5-9-17)25-20(27)13-12-19(22(29)30)26-23(31)32-15-18-10-6-3-7-11-18/h2-11,16,19H,12-15H2,1H3,(H,24,28)(H,25,27)(H,26,31)(H,29,30)/t16?,19-/m1/s1. The number of carbonyl (C=O) groups is 4. The molecule has 0 aromatic heterocycles. The Hall–Kier alpha value is -3.88. The zero-order valence-electron chi connectivity index (χ0n) is 17.7. The third-order valence-electron chi connectivity index (χ3n) is 4.54. The van der Waals surface area contributed by atoms with Crippen LogP contribution in [0.5, 0.6) is 0 Å². The molecule has 170 valence electrons. The fourth-order valence-corrected chi connectivity index (χ4v) is 2.76. The highest BCUT2D eigenvalue weighted by Gasteiger charge is 2.23. The van der Waals surface area contributed by atoms with Crippen LogP contribution in [0.25, 0.3) is 0 Å². The van der Waals surface area contributed by atoms with E-state index in [0.29, 0.717) is 6.54 Å². The summed E-state index contributed by atoms with van der Waals surface area (Å²) in [7, 11) is 0. The molecule has 2 rings (SSSR count). The lowest BCUT2D eigenvalue weighted by atomic mass is 10.1. The monoisotopic (exact) mass is 441 g/mol. The van der Waals surface area contributed by atoms with Crippen molar-refractivity contribution in [3.8, 4) is 0 Å². The van der Waals surface area contributed by atoms with Crippen molar-refractivity contribution in [2.45, 2.75) is 45.0 Å². The van der Waals surface area contributed by atoms with E-state index >= 15 is 0 Å². The Morgan fingerprint density at radius 1 is 0.906 bits per heavy atom. The fraction of sp³-hybridized carbons (Fsp3) is 0.304. The summed E-state index contributed by atoms with van der Waals surface area (Å²) >= 11 is 0. The first kappa shape index (κ1) is 24.4. The van der Waals surface area contributed by atoms with Crippen molar-refractivity contribution in [1.82, 2.24) is 16.0 Å². The Morgan fingerprint density at radius 3 is 2.09 bits per heavy atom. The fourth-order valence-electron chi connectivity index (χ4n) is 2.76. The lowest BCUT2D eigenvalue weighted by Crippen LogP contribution is -2.45. The third-order valence-corrected chi connectivity index (χ3v) is 4.54. The van der Waals surface area contributed by atoms with Crippen LogP contribution >= 0.6 is 0 Å². The molecule has 0 saturated heterocycles. The molecule has 0 saturated carbocycles. The summed E-state index contributed by atoms with van der Waals surface area (Å²) in [5.41, 5.74) is 1.68. The lowest BCUT2D eigenvalue weighted by Gasteiger charge is -2.16. The van der Waals surface area contributed by atoms with Crippen molar-refractivity contribution >= 4 is 23.9 Å². The van der Waals surface area contributed by atoms with Gasteiger partial charge in [0.25, 0.3) is 0 Å². The number of amides is 3. The number of carboxylic acid groups (broad SMARTS) is 1. The molecule has 2 aromatic carbocycles. The number of carboxylic acids is 1. The second-order valence-electron chi connectivity index (χ2n) is 7.13. The number of benzene rings is 2. The maximum absolute atomic E-state index is 12.1. The van der Waals surface area contributed by atoms with Crippen molar-refractivity contribution in [2.75, 3.05) is 0 Å². The molecular formula is C23H27N3O6. The number of nitrogens with one attached hydrogen (secondary N) is 3. The molecule has 0 bridgehead atoms. The van der Waals surface area contributed by atoms with Gasteiger partial charge >= 0.3 is 12.1 Å². The summed E-state index contributed by atoms with van der Waals surface area (Å²) in [6.07, 6.45) is -1.23. The van der Waals surface area contributed by atoms with Crippen molar-refractivity contribution in [3.63, 3.8) is 0 Å². The number of ether oxygens (including phenoxy) is 1. The van der Waals surface area contributed by atoms with Crippen LogP contribution in [0.1, 0.15) is 30.9 Å². The molecule has 4 N–H and O–H groups in total. The molecule has 32 heavy (non-hydrogen) atoms. The van der Waals surface area contributed by atoms with Crippen molar-refractivity contribution in [1.29, 1.82) is 0 Å². The van der Waals surface area contributed by atoms with Gasteiger partial charge in [0.1, 0.15) is 18.7 Å². The summed E-state index contributed by atoms with van der Waals surface area (Å²) in [5, 5.41) is 16.8. The van der Waals surface area contributed by atoms with E-state index in [-0.39, 0.29) is 25.4 Å². The van der Waals surface area contributed by atoms with Gasteiger partial charge in [-0.25, -0.2) is 9.59 Å². The Labute approximate surface area is 186 Å². The highest BCUT2D eigenvalue weighted by molar-refractivity contribution is 5.87. The average molecular weight is 441 g/mol. The summed E-state index contributed by atoms with van der Waals surface area (Å²) in [4.78, 5) is 47.6. The largest absolute Gasteiger partial charge is 0.480 e. The van der Waals surface area contributed by atoms with Crippen LogP contribution < -0.4 is 16.0 Å². The topological polar surface area (TPSA) is 134 Å². The first-order valence-corrected chi connectivity index (χ1v) is 10.2. The van der Waals surface area contributed by atoms with Crippen molar-refractivity contribution in [2.24, 2.45) is 0 Å². The van der Waals surface area contributed by atoms with E-state index in [1.54, 1.807) is 24.3 Å². The number of carbonyl (C=O) groups excluding carboxylic acids is 3. The zero-order valence-corrected chi connectivity index (χ0v) is 17.7. The molecule has 2 atom stereocenters. The van der Waals surface area contributed by atoms with E-state index < -0.39 is 30.1 Å². The van der Waals surface area contributed by atoms with Gasteiger partial charge in [-0.15, -0.1) is 0 Å². The van der Waals surface area contributed by atoms with Crippen LogP contribution in [0.15, 0.2) is 60.7 Å². The molecule has 0 heterocycles. The highest BCUT2D eigenvalue weighted by atomic mass is 16.5. The van der Waals surface area contributed by atoms with Gasteiger partial charge in [-0.3, -0.25) is 9.59 Å². The summed E-state index contributed by atoms with van der Waals surface area (Å²) in [6.45, 7) is 1.86. The van der Waals surface area contributed by atoms with E-state index in [1.165, 1.54) is 6.92 Å². The molecule has 9 heteroatoms. The molecule has 0 fully saturated rings. The predicted molar refractivity (Wildman–Crippen MR) is 116 cm³/mol. The molecule has 2 aromatic rings. The molecule has 1 unspecified atom stereocenters. The molecule has 0 aliphatic carbocycles. The first-order chi connectivity index (χ1) is 15.3. The SMILES string of the molecule is CC(NC(=O)CC[C@@H](NC(=O)OCc1ccccc1)C(=O)O)C(=O)NCc1ccccc1. The highest BCUT2D eigenvalue weighted by Crippen LogP contribution is 2.03. The molecular weight excluding hydrogens is 414 g/mol. The van der Waals surface area contributed by atoms with Gasteiger partial charge in [0.2, 0.25) is 11.8 Å². The minimum Gasteiger partial charge on any atom is -0.480 e. The van der Waals surface area contributed by atoms with Gasteiger partial charge in [-0.1, -0.05) is 60.7 Å². The second-order valence-corrected chi connectivity index (χ2v) is 7.13. The van der Waals surface area contributed by atoms with Crippen LogP contribution in [0, 0.1) is 0 Å². The van der Waals surface area contributed by atoms with E-state index in [4.69, 9.17) is 4.74 Å². The van der Waals surface area contributed by atoms with Gasteiger partial charge < -0.3 is 25.8 Å². The van der Waals surface area contributed by atoms with Crippen LogP contribution in [0.4, 0.5) is 4.79 Å². The Bertz CT molecular complexity index is 904. The molecule has 0 radical (unpaired) electrons.